The summed E-state index contributed by atoms with van der Waals surface area (Å²) in [4.78, 5) is 29.5. The molecule has 0 unspecified atom stereocenters. The first kappa shape index (κ1) is 15.6. The van der Waals surface area contributed by atoms with E-state index in [1.165, 1.54) is 10.9 Å². The lowest BCUT2D eigenvalue weighted by atomic mass is 10.1. The summed E-state index contributed by atoms with van der Waals surface area (Å²) >= 11 is 1.73. The largest absolute Gasteiger partial charge is 0.361 e. The third-order valence-electron chi connectivity index (χ3n) is 5.12. The van der Waals surface area contributed by atoms with Gasteiger partial charge in [-0.3, -0.25) is 9.59 Å². The number of aromatic nitrogens is 1. The van der Waals surface area contributed by atoms with Crippen LogP contribution in [0.5, 0.6) is 0 Å². The van der Waals surface area contributed by atoms with Crippen molar-refractivity contribution in [1.82, 2.24) is 15.2 Å². The van der Waals surface area contributed by atoms with Gasteiger partial charge in [0.2, 0.25) is 11.8 Å². The van der Waals surface area contributed by atoms with Gasteiger partial charge in [0.1, 0.15) is 6.04 Å². The van der Waals surface area contributed by atoms with Crippen LogP contribution in [-0.4, -0.2) is 44.9 Å². The van der Waals surface area contributed by atoms with E-state index in [-0.39, 0.29) is 22.7 Å². The molecule has 0 saturated carbocycles. The van der Waals surface area contributed by atoms with Gasteiger partial charge in [-0.25, -0.2) is 0 Å². The second-order valence-corrected chi connectivity index (χ2v) is 8.17. The molecule has 24 heavy (non-hydrogen) atoms. The van der Waals surface area contributed by atoms with Gasteiger partial charge >= 0.3 is 0 Å². The Morgan fingerprint density at radius 3 is 3.17 bits per heavy atom. The Hall–Kier alpha value is -1.95. The molecule has 1 aromatic carbocycles. The molecule has 126 valence electrons. The average Bonchev–Trinajstić information content (AvgIpc) is 3.22. The lowest BCUT2D eigenvalue weighted by Crippen LogP contribution is -2.50. The van der Waals surface area contributed by atoms with Crippen LogP contribution in [0.3, 0.4) is 0 Å². The predicted molar refractivity (Wildman–Crippen MR) is 95.7 cm³/mol. The van der Waals surface area contributed by atoms with E-state index in [9.17, 15) is 9.59 Å². The molecule has 2 fully saturated rings. The first-order valence-electron chi connectivity index (χ1n) is 8.37. The van der Waals surface area contributed by atoms with Crippen molar-refractivity contribution in [3.05, 3.63) is 36.0 Å². The van der Waals surface area contributed by atoms with E-state index in [2.05, 4.69) is 23.3 Å². The van der Waals surface area contributed by atoms with Gasteiger partial charge < -0.3 is 15.2 Å². The van der Waals surface area contributed by atoms with E-state index >= 15 is 0 Å². The number of nitrogens with zero attached hydrogens (tertiary/aromatic N) is 1. The van der Waals surface area contributed by atoms with Crippen molar-refractivity contribution in [2.45, 2.75) is 37.1 Å². The van der Waals surface area contributed by atoms with Crippen LogP contribution in [0.4, 0.5) is 0 Å². The molecule has 0 bridgehead atoms. The summed E-state index contributed by atoms with van der Waals surface area (Å²) in [5, 5.41) is 4.22. The van der Waals surface area contributed by atoms with Crippen LogP contribution in [0.2, 0.25) is 0 Å². The number of hydrogen-bond donors (Lipinski definition) is 2. The average molecular weight is 343 g/mol. The van der Waals surface area contributed by atoms with E-state index in [0.29, 0.717) is 18.7 Å². The van der Waals surface area contributed by atoms with Gasteiger partial charge in [0, 0.05) is 35.8 Å². The molecule has 5 nitrogen and oxygen atoms in total. The maximum Gasteiger partial charge on any atom is 0.243 e. The molecule has 4 rings (SSSR count). The van der Waals surface area contributed by atoms with Gasteiger partial charge in [0.15, 0.2) is 0 Å². The van der Waals surface area contributed by atoms with Crippen LogP contribution < -0.4 is 5.32 Å². The fraction of sp³-hybridized carbons (Fsp3) is 0.444. The molecule has 2 aromatic rings. The van der Waals surface area contributed by atoms with E-state index in [1.54, 1.807) is 16.7 Å². The minimum absolute atomic E-state index is 0.0266. The van der Waals surface area contributed by atoms with Gasteiger partial charge in [-0.1, -0.05) is 18.2 Å². The Balaban J connectivity index is 1.38. The molecule has 2 saturated heterocycles. The van der Waals surface area contributed by atoms with Crippen LogP contribution in [0.1, 0.15) is 25.3 Å². The van der Waals surface area contributed by atoms with E-state index in [0.717, 1.165) is 18.4 Å². The summed E-state index contributed by atoms with van der Waals surface area (Å²) in [6.07, 6.45) is 4.18. The van der Waals surface area contributed by atoms with Crippen LogP contribution in [-0.2, 0) is 16.0 Å². The lowest BCUT2D eigenvalue weighted by molar-refractivity contribution is -0.137. The topological polar surface area (TPSA) is 65.2 Å². The zero-order valence-corrected chi connectivity index (χ0v) is 14.5. The number of benzene rings is 1. The Morgan fingerprint density at radius 1 is 1.46 bits per heavy atom. The van der Waals surface area contributed by atoms with Crippen molar-refractivity contribution in [3.8, 4) is 0 Å². The standard InChI is InChI=1S/C18H21N3O2S/c1-18-8-6-16(22)21(18)15(11-24-18)17(23)19-9-7-12-10-20-14-5-3-2-4-13(12)14/h2-5,10,15,20H,6-9,11H2,1H3,(H,19,23)/t15-,18+/m1/s1. The number of thioether (sulfide) groups is 1. The van der Waals surface area contributed by atoms with Crippen molar-refractivity contribution >= 4 is 34.5 Å². The molecule has 0 spiro atoms. The van der Waals surface area contributed by atoms with Crippen molar-refractivity contribution < 1.29 is 9.59 Å². The Morgan fingerprint density at radius 2 is 2.29 bits per heavy atom. The van der Waals surface area contributed by atoms with Crippen molar-refractivity contribution in [2.24, 2.45) is 0 Å². The zero-order chi connectivity index (χ0) is 16.7. The van der Waals surface area contributed by atoms with Gasteiger partial charge in [0.05, 0.1) is 4.87 Å². The fourth-order valence-electron chi connectivity index (χ4n) is 3.79. The molecular formula is C18H21N3O2S. The Labute approximate surface area is 145 Å². The minimum atomic E-state index is -0.321. The number of rotatable bonds is 4. The molecule has 3 heterocycles. The highest BCUT2D eigenvalue weighted by atomic mass is 32.2. The van der Waals surface area contributed by atoms with Crippen molar-refractivity contribution in [2.75, 3.05) is 12.3 Å². The normalized spacial score (nSPS) is 26.1. The quantitative estimate of drug-likeness (QED) is 0.895. The number of aromatic amines is 1. The fourth-order valence-corrected chi connectivity index (χ4v) is 5.22. The second kappa shape index (κ2) is 5.84. The molecule has 0 aliphatic carbocycles. The van der Waals surface area contributed by atoms with Gasteiger partial charge in [-0.2, -0.15) is 0 Å². The highest BCUT2D eigenvalue weighted by Gasteiger charge is 2.52. The summed E-state index contributed by atoms with van der Waals surface area (Å²) in [5.41, 5.74) is 2.32. The molecule has 2 N–H and O–H groups in total. The lowest BCUT2D eigenvalue weighted by Gasteiger charge is -2.29. The number of amides is 2. The highest BCUT2D eigenvalue weighted by molar-refractivity contribution is 8.01. The molecule has 2 atom stereocenters. The number of hydrogen-bond acceptors (Lipinski definition) is 3. The molecular weight excluding hydrogens is 322 g/mol. The molecule has 2 aliphatic heterocycles. The van der Waals surface area contributed by atoms with E-state index < -0.39 is 0 Å². The summed E-state index contributed by atoms with van der Waals surface area (Å²) in [6, 6.07) is 7.84. The molecule has 2 aliphatic rings. The van der Waals surface area contributed by atoms with Gasteiger partial charge in [0.25, 0.3) is 0 Å². The SMILES string of the molecule is C[C@]12CCC(=O)N1[C@@H](C(=O)NCCc1c[nH]c3ccccc13)CS2. The third kappa shape index (κ3) is 2.49. The van der Waals surface area contributed by atoms with E-state index in [4.69, 9.17) is 0 Å². The van der Waals surface area contributed by atoms with Crippen LogP contribution >= 0.6 is 11.8 Å². The monoisotopic (exact) mass is 343 g/mol. The van der Waals surface area contributed by atoms with E-state index in [1.807, 2.05) is 24.4 Å². The Bertz CT molecular complexity index is 802. The number of H-pyrrole nitrogens is 1. The first-order valence-corrected chi connectivity index (χ1v) is 9.36. The van der Waals surface area contributed by atoms with Gasteiger partial charge in [-0.15, -0.1) is 11.8 Å². The third-order valence-corrected chi connectivity index (χ3v) is 6.62. The number of carbonyl (C=O) groups excluding carboxylic acids is 2. The maximum atomic E-state index is 12.5. The summed E-state index contributed by atoms with van der Waals surface area (Å²) < 4.78 is 0. The smallest absolute Gasteiger partial charge is 0.243 e. The first-order chi connectivity index (χ1) is 11.6. The predicted octanol–water partition coefficient (Wildman–Crippen LogP) is 2.28. The molecule has 2 amide bonds. The summed E-state index contributed by atoms with van der Waals surface area (Å²) in [5.74, 6) is 0.779. The van der Waals surface area contributed by atoms with Crippen molar-refractivity contribution in [3.63, 3.8) is 0 Å². The van der Waals surface area contributed by atoms with Gasteiger partial charge in [-0.05, 0) is 31.4 Å². The second-order valence-electron chi connectivity index (χ2n) is 6.67. The van der Waals surface area contributed by atoms with Crippen LogP contribution in [0.25, 0.3) is 10.9 Å². The molecule has 6 heteroatoms. The summed E-state index contributed by atoms with van der Waals surface area (Å²) in [7, 11) is 0. The van der Waals surface area contributed by atoms with Crippen LogP contribution in [0.15, 0.2) is 30.5 Å². The number of nitrogens with one attached hydrogen (secondary N) is 2. The number of carbonyl (C=O) groups is 2. The molecule has 0 radical (unpaired) electrons. The Kier molecular flexibility index (Phi) is 3.79. The van der Waals surface area contributed by atoms with Crippen molar-refractivity contribution in [1.29, 1.82) is 0 Å². The minimum Gasteiger partial charge on any atom is -0.361 e. The number of para-hydroxylation sites is 1. The zero-order valence-electron chi connectivity index (χ0n) is 13.7. The number of fused-ring (bicyclic) bond motifs is 2. The summed E-state index contributed by atoms with van der Waals surface area (Å²) in [6.45, 7) is 2.66. The maximum absolute atomic E-state index is 12.5. The molecule has 1 aromatic heterocycles. The van der Waals surface area contributed by atoms with Crippen LogP contribution in [0, 0.1) is 0 Å². The highest BCUT2D eigenvalue weighted by Crippen LogP contribution is 2.47.